The molecule has 2 amide bonds. The number of hydrogen-bond acceptors (Lipinski definition) is 2. The van der Waals surface area contributed by atoms with E-state index in [4.69, 9.17) is 5.11 Å². The number of carbonyl (C=O) groups excluding carboxylic acids is 1. The molecule has 1 aliphatic carbocycles. The number of amides is 2. The number of nitrogens with one attached hydrogen (secondary N) is 2. The van der Waals surface area contributed by atoms with Gasteiger partial charge in [-0.15, -0.1) is 0 Å². The summed E-state index contributed by atoms with van der Waals surface area (Å²) in [6, 6.07) is 2.81. The largest absolute Gasteiger partial charge is 0.481 e. The summed E-state index contributed by atoms with van der Waals surface area (Å²) < 4.78 is 25.7. The van der Waals surface area contributed by atoms with E-state index in [1.165, 1.54) is 6.07 Å². The van der Waals surface area contributed by atoms with Crippen LogP contribution in [0.15, 0.2) is 18.2 Å². The zero-order valence-corrected chi connectivity index (χ0v) is 11.3. The SMILES string of the molecule is O=C(NCc1ccc(F)c(F)c1)NCC1(C(=O)O)CCC1. The lowest BCUT2D eigenvalue weighted by atomic mass is 9.69. The molecular weight excluding hydrogens is 282 g/mol. The minimum Gasteiger partial charge on any atom is -0.481 e. The predicted molar refractivity (Wildman–Crippen MR) is 70.5 cm³/mol. The predicted octanol–water partition coefficient (Wildman–Crippen LogP) is 2.02. The maximum absolute atomic E-state index is 13.0. The number of carbonyl (C=O) groups is 2. The molecule has 1 fully saturated rings. The number of carboxylic acids is 1. The van der Waals surface area contributed by atoms with Crippen LogP contribution in [0.5, 0.6) is 0 Å². The maximum atomic E-state index is 13.0. The lowest BCUT2D eigenvalue weighted by molar-refractivity contribution is -0.153. The summed E-state index contributed by atoms with van der Waals surface area (Å²) in [5.74, 6) is -2.83. The first kappa shape index (κ1) is 15.2. The van der Waals surface area contributed by atoms with Crippen molar-refractivity contribution in [1.82, 2.24) is 10.6 Å². The number of carboxylic acid groups (broad SMARTS) is 1. The molecule has 114 valence electrons. The molecule has 0 saturated heterocycles. The van der Waals surface area contributed by atoms with Gasteiger partial charge >= 0.3 is 12.0 Å². The maximum Gasteiger partial charge on any atom is 0.315 e. The van der Waals surface area contributed by atoms with Crippen molar-refractivity contribution in [2.24, 2.45) is 5.41 Å². The van der Waals surface area contributed by atoms with Gasteiger partial charge in [-0.1, -0.05) is 12.5 Å². The van der Waals surface area contributed by atoms with E-state index in [9.17, 15) is 18.4 Å². The van der Waals surface area contributed by atoms with Gasteiger partial charge in [0.05, 0.1) is 5.41 Å². The third-order valence-corrected chi connectivity index (χ3v) is 3.79. The Morgan fingerprint density at radius 1 is 1.19 bits per heavy atom. The monoisotopic (exact) mass is 298 g/mol. The summed E-state index contributed by atoms with van der Waals surface area (Å²) in [5, 5.41) is 14.1. The number of halogens is 2. The molecule has 0 radical (unpaired) electrons. The van der Waals surface area contributed by atoms with Gasteiger partial charge in [-0.2, -0.15) is 0 Å². The van der Waals surface area contributed by atoms with Crippen LogP contribution in [-0.4, -0.2) is 23.7 Å². The second-order valence-electron chi connectivity index (χ2n) is 5.22. The Kier molecular flexibility index (Phi) is 4.40. The summed E-state index contributed by atoms with van der Waals surface area (Å²) in [6.45, 7) is 0.0923. The lowest BCUT2D eigenvalue weighted by Crippen LogP contribution is -2.49. The molecule has 2 rings (SSSR count). The van der Waals surface area contributed by atoms with E-state index in [1.807, 2.05) is 0 Å². The topological polar surface area (TPSA) is 78.4 Å². The van der Waals surface area contributed by atoms with Gasteiger partial charge < -0.3 is 15.7 Å². The fourth-order valence-corrected chi connectivity index (χ4v) is 2.21. The van der Waals surface area contributed by atoms with Crippen molar-refractivity contribution in [1.29, 1.82) is 0 Å². The summed E-state index contributed by atoms with van der Waals surface area (Å²) in [4.78, 5) is 22.7. The molecule has 5 nitrogen and oxygen atoms in total. The minimum absolute atomic E-state index is 0.0309. The first-order valence-electron chi connectivity index (χ1n) is 6.62. The summed E-state index contributed by atoms with van der Waals surface area (Å²) in [5.41, 5.74) is -0.445. The molecule has 0 atom stereocenters. The number of benzene rings is 1. The molecular formula is C14H16F2N2O3. The smallest absolute Gasteiger partial charge is 0.315 e. The van der Waals surface area contributed by atoms with Crippen molar-refractivity contribution in [3.8, 4) is 0 Å². The van der Waals surface area contributed by atoms with Gasteiger partial charge in [0.1, 0.15) is 0 Å². The number of rotatable bonds is 5. The van der Waals surface area contributed by atoms with Crippen LogP contribution in [0.25, 0.3) is 0 Å². The van der Waals surface area contributed by atoms with Crippen molar-refractivity contribution in [2.75, 3.05) is 6.54 Å². The van der Waals surface area contributed by atoms with Gasteiger partial charge in [0.2, 0.25) is 0 Å². The summed E-state index contributed by atoms with van der Waals surface area (Å²) >= 11 is 0. The Labute approximate surface area is 120 Å². The van der Waals surface area contributed by atoms with Gasteiger partial charge in [0.15, 0.2) is 11.6 Å². The Balaban J connectivity index is 1.79. The van der Waals surface area contributed by atoms with Gasteiger partial charge in [-0.3, -0.25) is 4.79 Å². The highest BCUT2D eigenvalue weighted by Crippen LogP contribution is 2.40. The van der Waals surface area contributed by atoms with Crippen LogP contribution in [0.3, 0.4) is 0 Å². The van der Waals surface area contributed by atoms with Gasteiger partial charge in [-0.25, -0.2) is 13.6 Å². The molecule has 1 aromatic carbocycles. The molecule has 1 aliphatic rings. The average molecular weight is 298 g/mol. The second-order valence-corrected chi connectivity index (χ2v) is 5.22. The van der Waals surface area contributed by atoms with E-state index in [0.717, 1.165) is 18.6 Å². The van der Waals surface area contributed by atoms with Crippen LogP contribution in [-0.2, 0) is 11.3 Å². The fraction of sp³-hybridized carbons (Fsp3) is 0.429. The molecule has 7 heteroatoms. The Hall–Kier alpha value is -2.18. The molecule has 0 aromatic heterocycles. The third kappa shape index (κ3) is 3.48. The normalized spacial score (nSPS) is 15.9. The van der Waals surface area contributed by atoms with E-state index in [2.05, 4.69) is 10.6 Å². The van der Waals surface area contributed by atoms with Crippen LogP contribution < -0.4 is 10.6 Å². The van der Waals surface area contributed by atoms with Crippen molar-refractivity contribution in [3.63, 3.8) is 0 Å². The van der Waals surface area contributed by atoms with E-state index in [-0.39, 0.29) is 13.1 Å². The molecule has 1 saturated carbocycles. The molecule has 0 heterocycles. The summed E-state index contributed by atoms with van der Waals surface area (Å²) in [6.07, 6.45) is 1.93. The zero-order valence-electron chi connectivity index (χ0n) is 11.3. The molecule has 1 aromatic rings. The highest BCUT2D eigenvalue weighted by molar-refractivity contribution is 5.78. The van der Waals surface area contributed by atoms with Crippen molar-refractivity contribution < 1.29 is 23.5 Å². The molecule has 0 bridgehead atoms. The highest BCUT2D eigenvalue weighted by Gasteiger charge is 2.44. The van der Waals surface area contributed by atoms with E-state index in [0.29, 0.717) is 18.4 Å². The van der Waals surface area contributed by atoms with Crippen LogP contribution in [0.4, 0.5) is 13.6 Å². The molecule has 0 spiro atoms. The summed E-state index contributed by atoms with van der Waals surface area (Å²) in [7, 11) is 0. The Morgan fingerprint density at radius 2 is 1.90 bits per heavy atom. The Bertz CT molecular complexity index is 559. The molecule has 0 aliphatic heterocycles. The van der Waals surface area contributed by atoms with Gasteiger partial charge in [0.25, 0.3) is 0 Å². The van der Waals surface area contributed by atoms with E-state index < -0.39 is 29.0 Å². The second kappa shape index (κ2) is 6.07. The first-order valence-corrected chi connectivity index (χ1v) is 6.62. The van der Waals surface area contributed by atoms with Gasteiger partial charge in [0, 0.05) is 13.1 Å². The average Bonchev–Trinajstić information content (AvgIpc) is 2.38. The number of urea groups is 1. The zero-order chi connectivity index (χ0) is 15.5. The van der Waals surface area contributed by atoms with Crippen LogP contribution in [0, 0.1) is 17.0 Å². The van der Waals surface area contributed by atoms with Gasteiger partial charge in [-0.05, 0) is 30.5 Å². The number of aliphatic carboxylic acids is 1. The molecule has 0 unspecified atom stereocenters. The minimum atomic E-state index is -0.978. The van der Waals surface area contributed by atoms with Crippen LogP contribution >= 0.6 is 0 Å². The fourth-order valence-electron chi connectivity index (χ4n) is 2.21. The quantitative estimate of drug-likeness (QED) is 0.778. The van der Waals surface area contributed by atoms with Crippen molar-refractivity contribution >= 4 is 12.0 Å². The van der Waals surface area contributed by atoms with Crippen LogP contribution in [0.1, 0.15) is 24.8 Å². The highest BCUT2D eigenvalue weighted by atomic mass is 19.2. The lowest BCUT2D eigenvalue weighted by Gasteiger charge is -2.37. The third-order valence-electron chi connectivity index (χ3n) is 3.79. The molecule has 3 N–H and O–H groups in total. The van der Waals surface area contributed by atoms with E-state index in [1.54, 1.807) is 0 Å². The number of hydrogen-bond donors (Lipinski definition) is 3. The molecule has 21 heavy (non-hydrogen) atoms. The van der Waals surface area contributed by atoms with Crippen LogP contribution in [0.2, 0.25) is 0 Å². The Morgan fingerprint density at radius 3 is 2.43 bits per heavy atom. The van der Waals surface area contributed by atoms with E-state index >= 15 is 0 Å². The first-order chi connectivity index (χ1) is 9.93. The van der Waals surface area contributed by atoms with Crippen molar-refractivity contribution in [2.45, 2.75) is 25.8 Å². The standard InChI is InChI=1S/C14H16F2N2O3/c15-10-3-2-9(6-11(10)16)7-17-13(21)18-8-14(12(19)20)4-1-5-14/h2-3,6H,1,4-5,7-8H2,(H,19,20)(H2,17,18,21). The van der Waals surface area contributed by atoms with Crippen molar-refractivity contribution in [3.05, 3.63) is 35.4 Å².